The van der Waals surface area contributed by atoms with Crippen molar-refractivity contribution >= 4 is 11.7 Å². The van der Waals surface area contributed by atoms with Crippen molar-refractivity contribution in [2.45, 2.75) is 26.5 Å². The molecule has 0 spiro atoms. The second kappa shape index (κ2) is 6.05. The number of aromatic carboxylic acids is 1. The maximum atomic E-state index is 10.9. The summed E-state index contributed by atoms with van der Waals surface area (Å²) in [7, 11) is 0. The van der Waals surface area contributed by atoms with Crippen molar-refractivity contribution in [2.24, 2.45) is 0 Å². The first-order valence-electron chi connectivity index (χ1n) is 6.24. The molecule has 1 aromatic heterocycles. The summed E-state index contributed by atoms with van der Waals surface area (Å²) in [4.78, 5) is 15.0. The van der Waals surface area contributed by atoms with Crippen LogP contribution in [0.2, 0.25) is 0 Å². The van der Waals surface area contributed by atoms with Crippen molar-refractivity contribution in [3.05, 3.63) is 35.9 Å². The second-order valence-corrected chi connectivity index (χ2v) is 4.25. The van der Waals surface area contributed by atoms with E-state index in [9.17, 15) is 4.79 Å². The van der Waals surface area contributed by atoms with E-state index in [0.29, 0.717) is 17.3 Å². The van der Waals surface area contributed by atoms with Gasteiger partial charge in [-0.3, -0.25) is 0 Å². The zero-order chi connectivity index (χ0) is 14.5. The van der Waals surface area contributed by atoms with Crippen molar-refractivity contribution in [3.63, 3.8) is 0 Å². The number of anilines is 1. The van der Waals surface area contributed by atoms with Crippen LogP contribution < -0.4 is 10.5 Å². The van der Waals surface area contributed by atoms with Crippen LogP contribution in [-0.4, -0.2) is 25.8 Å². The van der Waals surface area contributed by atoms with Gasteiger partial charge in [-0.05, 0) is 24.6 Å². The minimum absolute atomic E-state index is 0.129. The van der Waals surface area contributed by atoms with Crippen molar-refractivity contribution in [1.82, 2.24) is 14.8 Å². The molecule has 0 saturated carbocycles. The van der Waals surface area contributed by atoms with E-state index in [-0.39, 0.29) is 12.2 Å². The summed E-state index contributed by atoms with van der Waals surface area (Å²) in [5.41, 5.74) is 6.28. The summed E-state index contributed by atoms with van der Waals surface area (Å²) < 4.78 is 7.29. The monoisotopic (exact) mass is 276 g/mol. The van der Waals surface area contributed by atoms with Gasteiger partial charge in [0.2, 0.25) is 0 Å². The highest BCUT2D eigenvalue weighted by atomic mass is 16.5. The molecular formula is C13H16N4O3. The Labute approximate surface area is 116 Å². The van der Waals surface area contributed by atoms with Gasteiger partial charge >= 0.3 is 5.97 Å². The molecule has 3 N–H and O–H groups in total. The molecule has 106 valence electrons. The van der Waals surface area contributed by atoms with Crippen LogP contribution in [0.15, 0.2) is 24.5 Å². The fourth-order valence-electron chi connectivity index (χ4n) is 1.73. The summed E-state index contributed by atoms with van der Waals surface area (Å²) in [5.74, 6) is -0.0214. The third-order valence-corrected chi connectivity index (χ3v) is 2.75. The van der Waals surface area contributed by atoms with Gasteiger partial charge in [-0.25, -0.2) is 14.5 Å². The van der Waals surface area contributed by atoms with E-state index < -0.39 is 5.97 Å². The number of aromatic nitrogens is 3. The van der Waals surface area contributed by atoms with E-state index in [0.717, 1.165) is 13.0 Å². The maximum absolute atomic E-state index is 10.9. The van der Waals surface area contributed by atoms with E-state index in [1.165, 1.54) is 24.5 Å². The standard InChI is InChI=1S/C13H16N4O3/c1-2-5-17-12(15-8-16-17)7-20-11-6-9(13(18)19)3-4-10(11)14/h3-4,6,8H,2,5,7,14H2,1H3,(H,18,19). The number of ether oxygens (including phenoxy) is 1. The summed E-state index contributed by atoms with van der Waals surface area (Å²) >= 11 is 0. The molecule has 7 heteroatoms. The Morgan fingerprint density at radius 1 is 1.50 bits per heavy atom. The molecule has 20 heavy (non-hydrogen) atoms. The SMILES string of the molecule is CCCn1ncnc1COc1cc(C(=O)O)ccc1N. The Hall–Kier alpha value is -2.57. The maximum Gasteiger partial charge on any atom is 0.335 e. The lowest BCUT2D eigenvalue weighted by Crippen LogP contribution is -2.09. The molecule has 0 aliphatic heterocycles. The molecule has 2 aromatic rings. The van der Waals surface area contributed by atoms with E-state index in [1.54, 1.807) is 4.68 Å². The molecule has 0 aliphatic carbocycles. The van der Waals surface area contributed by atoms with E-state index >= 15 is 0 Å². The lowest BCUT2D eigenvalue weighted by molar-refractivity contribution is 0.0696. The number of benzene rings is 1. The van der Waals surface area contributed by atoms with Crippen LogP contribution >= 0.6 is 0 Å². The fourth-order valence-corrected chi connectivity index (χ4v) is 1.73. The first-order chi connectivity index (χ1) is 9.61. The molecule has 0 fully saturated rings. The van der Waals surface area contributed by atoms with Crippen molar-refractivity contribution in [2.75, 3.05) is 5.73 Å². The van der Waals surface area contributed by atoms with Crippen molar-refractivity contribution < 1.29 is 14.6 Å². The second-order valence-electron chi connectivity index (χ2n) is 4.25. The minimum Gasteiger partial charge on any atom is -0.483 e. The summed E-state index contributed by atoms with van der Waals surface area (Å²) in [6.07, 6.45) is 2.40. The molecule has 0 radical (unpaired) electrons. The number of carbonyl (C=O) groups is 1. The Kier molecular flexibility index (Phi) is 4.19. The van der Waals surface area contributed by atoms with E-state index in [2.05, 4.69) is 10.1 Å². The Balaban J connectivity index is 2.12. The van der Waals surface area contributed by atoms with E-state index in [4.69, 9.17) is 15.6 Å². The lowest BCUT2D eigenvalue weighted by Gasteiger charge is -2.10. The Morgan fingerprint density at radius 3 is 3.00 bits per heavy atom. The molecule has 0 bridgehead atoms. The van der Waals surface area contributed by atoms with E-state index in [1.807, 2.05) is 6.92 Å². The molecule has 0 unspecified atom stereocenters. The highest BCUT2D eigenvalue weighted by molar-refractivity contribution is 5.89. The van der Waals surface area contributed by atoms with Gasteiger partial charge in [-0.1, -0.05) is 6.92 Å². The quantitative estimate of drug-likeness (QED) is 0.776. The molecular weight excluding hydrogens is 260 g/mol. The minimum atomic E-state index is -1.02. The highest BCUT2D eigenvalue weighted by Crippen LogP contribution is 2.23. The van der Waals surface area contributed by atoms with Gasteiger partial charge in [0.05, 0.1) is 11.3 Å². The third kappa shape index (κ3) is 3.05. The van der Waals surface area contributed by atoms with Gasteiger partial charge in [0.15, 0.2) is 5.82 Å². The molecule has 0 aliphatic rings. The molecule has 7 nitrogen and oxygen atoms in total. The smallest absolute Gasteiger partial charge is 0.335 e. The van der Waals surface area contributed by atoms with Gasteiger partial charge in [0.25, 0.3) is 0 Å². The number of hydrogen-bond donors (Lipinski definition) is 2. The van der Waals surface area contributed by atoms with Gasteiger partial charge in [-0.2, -0.15) is 5.10 Å². The number of nitrogens with zero attached hydrogens (tertiary/aromatic N) is 3. The topological polar surface area (TPSA) is 103 Å². The zero-order valence-corrected chi connectivity index (χ0v) is 11.1. The van der Waals surface area contributed by atoms with Crippen molar-refractivity contribution in [3.8, 4) is 5.75 Å². The van der Waals surface area contributed by atoms with Crippen LogP contribution in [0.25, 0.3) is 0 Å². The molecule has 1 aromatic carbocycles. The largest absolute Gasteiger partial charge is 0.483 e. The molecule has 1 heterocycles. The van der Waals surface area contributed by atoms with Crippen LogP contribution in [0.3, 0.4) is 0 Å². The van der Waals surface area contributed by atoms with Gasteiger partial charge in [0, 0.05) is 6.54 Å². The average molecular weight is 276 g/mol. The van der Waals surface area contributed by atoms with Crippen LogP contribution in [0.5, 0.6) is 5.75 Å². The summed E-state index contributed by atoms with van der Waals surface area (Å²) in [6, 6.07) is 4.35. The normalized spacial score (nSPS) is 10.4. The third-order valence-electron chi connectivity index (χ3n) is 2.75. The Morgan fingerprint density at radius 2 is 2.30 bits per heavy atom. The predicted molar refractivity (Wildman–Crippen MR) is 72.5 cm³/mol. The molecule has 0 saturated heterocycles. The summed E-state index contributed by atoms with van der Waals surface area (Å²) in [5, 5.41) is 13.0. The van der Waals surface area contributed by atoms with Crippen LogP contribution in [0, 0.1) is 0 Å². The van der Waals surface area contributed by atoms with Crippen LogP contribution in [0.1, 0.15) is 29.5 Å². The number of nitrogens with two attached hydrogens (primary N) is 1. The van der Waals surface area contributed by atoms with Crippen LogP contribution in [-0.2, 0) is 13.2 Å². The zero-order valence-electron chi connectivity index (χ0n) is 11.1. The average Bonchev–Trinajstić information content (AvgIpc) is 2.85. The first-order valence-corrected chi connectivity index (χ1v) is 6.24. The number of carboxylic acid groups (broad SMARTS) is 1. The van der Waals surface area contributed by atoms with Gasteiger partial charge < -0.3 is 15.6 Å². The fraction of sp³-hybridized carbons (Fsp3) is 0.308. The van der Waals surface area contributed by atoms with Gasteiger partial charge in [-0.15, -0.1) is 0 Å². The molecule has 0 amide bonds. The van der Waals surface area contributed by atoms with Crippen LogP contribution in [0.4, 0.5) is 5.69 Å². The summed E-state index contributed by atoms with van der Waals surface area (Å²) in [6.45, 7) is 2.98. The lowest BCUT2D eigenvalue weighted by atomic mass is 10.2. The number of rotatable bonds is 6. The number of hydrogen-bond acceptors (Lipinski definition) is 5. The number of carboxylic acids is 1. The first kappa shape index (κ1) is 13.9. The number of nitrogen functional groups attached to an aromatic ring is 1. The van der Waals surface area contributed by atoms with Gasteiger partial charge in [0.1, 0.15) is 18.7 Å². The molecule has 2 rings (SSSR count). The van der Waals surface area contributed by atoms with Crippen molar-refractivity contribution in [1.29, 1.82) is 0 Å². The highest BCUT2D eigenvalue weighted by Gasteiger charge is 2.10. The number of aryl methyl sites for hydroxylation is 1. The molecule has 0 atom stereocenters. The predicted octanol–water partition coefficient (Wildman–Crippen LogP) is 1.55. The Bertz CT molecular complexity index is 609.